The molecule has 2 nitrogen and oxygen atoms in total. The Morgan fingerprint density at radius 3 is 2.33 bits per heavy atom. The Labute approximate surface area is 108 Å². The number of fused-ring (bicyclic) bond motifs is 1. The summed E-state index contributed by atoms with van der Waals surface area (Å²) in [5, 5.41) is 10.8. The smallest absolute Gasteiger partial charge is 0.336 e. The predicted octanol–water partition coefficient (Wildman–Crippen LogP) is 2.84. The van der Waals surface area contributed by atoms with E-state index in [1.165, 1.54) is 0 Å². The third-order valence-corrected chi connectivity index (χ3v) is 2.34. The molecular formula is C12H10CdO2. The van der Waals surface area contributed by atoms with Crippen molar-refractivity contribution in [3.8, 4) is 0 Å². The fourth-order valence-electron chi connectivity index (χ4n) is 1.71. The van der Waals surface area contributed by atoms with E-state index in [4.69, 9.17) is 5.11 Å². The topological polar surface area (TPSA) is 37.3 Å². The van der Waals surface area contributed by atoms with Crippen LogP contribution in [0.15, 0.2) is 36.4 Å². The van der Waals surface area contributed by atoms with Gasteiger partial charge in [-0.1, -0.05) is 30.3 Å². The maximum atomic E-state index is 11.0. The van der Waals surface area contributed by atoms with Crippen LogP contribution in [-0.4, -0.2) is 11.1 Å². The normalized spacial score (nSPS) is 9.67. The molecule has 0 heterocycles. The molecule has 0 unspecified atom stereocenters. The Balaban J connectivity index is 0.00000112. The van der Waals surface area contributed by atoms with Crippen molar-refractivity contribution < 1.29 is 37.2 Å². The van der Waals surface area contributed by atoms with Gasteiger partial charge in [-0.15, -0.1) is 0 Å². The van der Waals surface area contributed by atoms with Gasteiger partial charge in [0.15, 0.2) is 0 Å². The second-order valence-corrected chi connectivity index (χ2v) is 3.28. The summed E-state index contributed by atoms with van der Waals surface area (Å²) in [5.74, 6) is -0.870. The predicted molar refractivity (Wildman–Crippen MR) is 55.6 cm³/mol. The number of carboxylic acid groups (broad SMARTS) is 1. The van der Waals surface area contributed by atoms with Gasteiger partial charge in [-0.2, -0.15) is 0 Å². The number of hydrogen-bond donors (Lipinski definition) is 1. The number of hydrogen-bond acceptors (Lipinski definition) is 1. The number of aromatic carboxylic acids is 1. The van der Waals surface area contributed by atoms with Crippen LogP contribution in [0, 0.1) is 6.92 Å². The van der Waals surface area contributed by atoms with Gasteiger partial charge in [-0.05, 0) is 29.3 Å². The minimum Gasteiger partial charge on any atom is -0.478 e. The molecule has 0 radical (unpaired) electrons. The largest absolute Gasteiger partial charge is 0.478 e. The molecule has 0 aromatic heterocycles. The van der Waals surface area contributed by atoms with Crippen molar-refractivity contribution in [1.29, 1.82) is 0 Å². The first-order chi connectivity index (χ1) is 6.70. The molecule has 1 N–H and O–H groups in total. The molecule has 72 valence electrons. The molecule has 0 saturated heterocycles. The van der Waals surface area contributed by atoms with Gasteiger partial charge in [-0.3, -0.25) is 0 Å². The average molecular weight is 299 g/mol. The van der Waals surface area contributed by atoms with Crippen LogP contribution >= 0.6 is 0 Å². The van der Waals surface area contributed by atoms with Crippen LogP contribution < -0.4 is 0 Å². The second kappa shape index (κ2) is 4.74. The molecule has 0 aliphatic carbocycles. The summed E-state index contributed by atoms with van der Waals surface area (Å²) >= 11 is 0. The summed E-state index contributed by atoms with van der Waals surface area (Å²) in [6.45, 7) is 1.93. The average Bonchev–Trinajstić information content (AvgIpc) is 2.17. The molecule has 0 saturated carbocycles. The van der Waals surface area contributed by atoms with Crippen molar-refractivity contribution in [2.24, 2.45) is 0 Å². The number of aryl methyl sites for hydroxylation is 1. The van der Waals surface area contributed by atoms with Gasteiger partial charge in [0, 0.05) is 27.3 Å². The maximum Gasteiger partial charge on any atom is 0.336 e. The molecule has 2 rings (SSSR count). The third-order valence-electron chi connectivity index (χ3n) is 2.34. The Morgan fingerprint density at radius 2 is 1.73 bits per heavy atom. The van der Waals surface area contributed by atoms with Crippen LogP contribution in [0.4, 0.5) is 0 Å². The van der Waals surface area contributed by atoms with Crippen LogP contribution in [-0.2, 0) is 27.3 Å². The number of carboxylic acids is 1. The zero-order chi connectivity index (χ0) is 10.1. The SMILES string of the molecule is Cc1cccc2cccc(C(=O)O)c12.[Cd]. The van der Waals surface area contributed by atoms with Gasteiger partial charge in [0.05, 0.1) is 5.56 Å². The molecule has 0 amide bonds. The molecule has 3 heteroatoms. The van der Waals surface area contributed by atoms with Crippen LogP contribution in [0.5, 0.6) is 0 Å². The molecule has 0 aliphatic heterocycles. The summed E-state index contributed by atoms with van der Waals surface area (Å²) in [6.07, 6.45) is 0. The van der Waals surface area contributed by atoms with Crippen LogP contribution in [0.3, 0.4) is 0 Å². The van der Waals surface area contributed by atoms with E-state index in [-0.39, 0.29) is 27.3 Å². The van der Waals surface area contributed by atoms with Crippen molar-refractivity contribution in [2.75, 3.05) is 0 Å². The number of benzene rings is 2. The van der Waals surface area contributed by atoms with Gasteiger partial charge < -0.3 is 5.11 Å². The van der Waals surface area contributed by atoms with Gasteiger partial charge in [0.1, 0.15) is 0 Å². The monoisotopic (exact) mass is 300 g/mol. The molecule has 15 heavy (non-hydrogen) atoms. The maximum absolute atomic E-state index is 11.0. The Morgan fingerprint density at radius 1 is 1.13 bits per heavy atom. The molecule has 0 spiro atoms. The van der Waals surface area contributed by atoms with Gasteiger partial charge >= 0.3 is 5.97 Å². The van der Waals surface area contributed by atoms with Crippen LogP contribution in [0.25, 0.3) is 10.8 Å². The fourth-order valence-corrected chi connectivity index (χ4v) is 1.71. The zero-order valence-corrected chi connectivity index (χ0v) is 12.6. The summed E-state index contributed by atoms with van der Waals surface area (Å²) in [7, 11) is 0. The molecular weight excluding hydrogens is 289 g/mol. The Bertz CT molecular complexity index is 501. The van der Waals surface area contributed by atoms with Crippen molar-refractivity contribution in [1.82, 2.24) is 0 Å². The van der Waals surface area contributed by atoms with Gasteiger partial charge in [-0.25, -0.2) is 4.79 Å². The quantitative estimate of drug-likeness (QED) is 0.822. The first kappa shape index (κ1) is 12.2. The number of carbonyl (C=O) groups is 1. The molecule has 0 aliphatic rings. The molecule has 2 aromatic rings. The van der Waals surface area contributed by atoms with E-state index in [0.29, 0.717) is 5.56 Å². The van der Waals surface area contributed by atoms with Crippen molar-refractivity contribution in [2.45, 2.75) is 6.92 Å². The third kappa shape index (κ3) is 2.19. The fraction of sp³-hybridized carbons (Fsp3) is 0.0833. The summed E-state index contributed by atoms with van der Waals surface area (Å²) in [4.78, 5) is 11.0. The van der Waals surface area contributed by atoms with E-state index in [2.05, 4.69) is 0 Å². The minimum atomic E-state index is -0.870. The minimum absolute atomic E-state index is 0. The molecule has 0 fully saturated rings. The van der Waals surface area contributed by atoms with Crippen molar-refractivity contribution >= 4 is 16.7 Å². The van der Waals surface area contributed by atoms with E-state index in [9.17, 15) is 4.79 Å². The summed E-state index contributed by atoms with van der Waals surface area (Å²) < 4.78 is 0. The van der Waals surface area contributed by atoms with Gasteiger partial charge in [0.2, 0.25) is 0 Å². The molecule has 2 aromatic carbocycles. The van der Waals surface area contributed by atoms with E-state index >= 15 is 0 Å². The van der Waals surface area contributed by atoms with E-state index in [1.54, 1.807) is 12.1 Å². The van der Waals surface area contributed by atoms with E-state index < -0.39 is 5.97 Å². The standard InChI is InChI=1S/C12H10O2.Cd/c1-8-4-2-5-9-6-3-7-10(11(8)9)12(13)14;/h2-7H,1H3,(H,13,14);. The first-order valence-electron chi connectivity index (χ1n) is 4.42. The van der Waals surface area contributed by atoms with Crippen LogP contribution in [0.2, 0.25) is 0 Å². The van der Waals surface area contributed by atoms with Crippen LogP contribution in [0.1, 0.15) is 15.9 Å². The Hall–Kier alpha value is -0.908. The summed E-state index contributed by atoms with van der Waals surface area (Å²) in [6, 6.07) is 11.1. The van der Waals surface area contributed by atoms with E-state index in [0.717, 1.165) is 16.3 Å². The van der Waals surface area contributed by atoms with Crippen molar-refractivity contribution in [3.05, 3.63) is 47.5 Å². The zero-order valence-electron chi connectivity index (χ0n) is 8.53. The molecule has 0 atom stereocenters. The number of rotatable bonds is 1. The first-order valence-corrected chi connectivity index (χ1v) is 4.42. The second-order valence-electron chi connectivity index (χ2n) is 3.28. The Kier molecular flexibility index (Phi) is 3.85. The van der Waals surface area contributed by atoms with E-state index in [1.807, 2.05) is 31.2 Å². The summed E-state index contributed by atoms with van der Waals surface area (Å²) in [5.41, 5.74) is 1.38. The van der Waals surface area contributed by atoms with Gasteiger partial charge in [0.25, 0.3) is 0 Å². The molecule has 0 bridgehead atoms. The van der Waals surface area contributed by atoms with Crippen molar-refractivity contribution in [3.63, 3.8) is 0 Å².